The van der Waals surface area contributed by atoms with Gasteiger partial charge in [-0.15, -0.1) is 0 Å². The van der Waals surface area contributed by atoms with E-state index in [-0.39, 0.29) is 17.9 Å². The topological polar surface area (TPSA) is 41.5 Å². The normalized spacial score (nSPS) is 10.8. The van der Waals surface area contributed by atoms with Gasteiger partial charge in [0.25, 0.3) is 0 Å². The minimum absolute atomic E-state index is 0.0154. The minimum Gasteiger partial charge on any atom is -0.273 e. The Bertz CT molecular complexity index is 642. The van der Waals surface area contributed by atoms with Crippen molar-refractivity contribution in [3.8, 4) is 0 Å². The van der Waals surface area contributed by atoms with Gasteiger partial charge in [-0.2, -0.15) is 5.10 Å². The van der Waals surface area contributed by atoms with E-state index in [4.69, 9.17) is 0 Å². The largest absolute Gasteiger partial charge is 0.273 e. The Labute approximate surface area is 121 Å². The van der Waals surface area contributed by atoms with Crippen LogP contribution in [0.2, 0.25) is 0 Å². The van der Waals surface area contributed by atoms with Gasteiger partial charge in [-0.1, -0.05) is 42.5 Å². The molecular formula is C16H14F2N2O. The van der Waals surface area contributed by atoms with E-state index in [0.29, 0.717) is 6.42 Å². The average Bonchev–Trinajstić information content (AvgIpc) is 2.50. The lowest BCUT2D eigenvalue weighted by Gasteiger charge is -2.01. The molecule has 0 bridgehead atoms. The molecule has 0 spiro atoms. The maximum absolute atomic E-state index is 13.3. The Morgan fingerprint density at radius 3 is 2.62 bits per heavy atom. The van der Waals surface area contributed by atoms with Gasteiger partial charge in [0.15, 0.2) is 11.6 Å². The average molecular weight is 288 g/mol. The molecule has 1 amide bonds. The molecule has 0 aliphatic heterocycles. The molecule has 2 aromatic rings. The quantitative estimate of drug-likeness (QED) is 0.667. The zero-order chi connectivity index (χ0) is 15.1. The van der Waals surface area contributed by atoms with Crippen molar-refractivity contribution in [1.29, 1.82) is 0 Å². The van der Waals surface area contributed by atoms with Crippen molar-refractivity contribution in [2.45, 2.75) is 12.8 Å². The monoisotopic (exact) mass is 288 g/mol. The molecule has 0 atom stereocenters. The fourth-order valence-corrected chi connectivity index (χ4v) is 1.75. The predicted molar refractivity (Wildman–Crippen MR) is 76.9 cm³/mol. The molecule has 0 saturated heterocycles. The van der Waals surface area contributed by atoms with Crippen LogP contribution >= 0.6 is 0 Å². The van der Waals surface area contributed by atoms with E-state index in [1.54, 1.807) is 0 Å². The van der Waals surface area contributed by atoms with E-state index >= 15 is 0 Å². The Hall–Kier alpha value is -2.56. The number of amides is 1. The summed E-state index contributed by atoms with van der Waals surface area (Å²) in [4.78, 5) is 11.6. The number of hydrogen-bond donors (Lipinski definition) is 1. The lowest BCUT2D eigenvalue weighted by Crippen LogP contribution is -2.18. The second-order valence-corrected chi connectivity index (χ2v) is 4.42. The first kappa shape index (κ1) is 14.8. The number of rotatable bonds is 5. The first-order valence-electron chi connectivity index (χ1n) is 6.46. The van der Waals surface area contributed by atoms with E-state index in [1.165, 1.54) is 12.1 Å². The molecule has 108 valence electrons. The third-order valence-corrected chi connectivity index (χ3v) is 2.86. The van der Waals surface area contributed by atoms with Gasteiger partial charge in [-0.05, 0) is 18.1 Å². The van der Waals surface area contributed by atoms with E-state index in [9.17, 15) is 13.6 Å². The van der Waals surface area contributed by atoms with E-state index in [1.807, 2.05) is 30.3 Å². The Morgan fingerprint density at radius 2 is 1.86 bits per heavy atom. The van der Waals surface area contributed by atoms with Crippen molar-refractivity contribution >= 4 is 12.1 Å². The highest BCUT2D eigenvalue weighted by atomic mass is 19.2. The van der Waals surface area contributed by atoms with Crippen LogP contribution in [0.25, 0.3) is 0 Å². The van der Waals surface area contributed by atoms with Gasteiger partial charge in [-0.3, -0.25) is 4.79 Å². The zero-order valence-electron chi connectivity index (χ0n) is 11.2. The summed E-state index contributed by atoms with van der Waals surface area (Å²) in [6, 6.07) is 13.3. The summed E-state index contributed by atoms with van der Waals surface area (Å²) in [7, 11) is 0. The number of nitrogens with one attached hydrogen (secondary N) is 1. The van der Waals surface area contributed by atoms with Gasteiger partial charge in [0.1, 0.15) is 0 Å². The van der Waals surface area contributed by atoms with Gasteiger partial charge in [0.05, 0.1) is 6.21 Å². The van der Waals surface area contributed by atoms with Crippen molar-refractivity contribution in [2.24, 2.45) is 5.10 Å². The molecule has 1 N–H and O–H groups in total. The van der Waals surface area contributed by atoms with Crippen LogP contribution in [0.5, 0.6) is 0 Å². The smallest absolute Gasteiger partial charge is 0.240 e. The molecule has 0 aliphatic carbocycles. The van der Waals surface area contributed by atoms with Gasteiger partial charge >= 0.3 is 0 Å². The van der Waals surface area contributed by atoms with E-state index in [2.05, 4.69) is 10.5 Å². The fourth-order valence-electron chi connectivity index (χ4n) is 1.75. The number of hydrazone groups is 1. The second-order valence-electron chi connectivity index (χ2n) is 4.42. The second kappa shape index (κ2) is 7.28. The van der Waals surface area contributed by atoms with Gasteiger partial charge in [-0.25, -0.2) is 14.2 Å². The SMILES string of the molecule is O=C(CCc1ccccc1)NN=Cc1cccc(F)c1F. The molecule has 3 nitrogen and oxygen atoms in total. The van der Waals surface area contributed by atoms with Crippen molar-refractivity contribution < 1.29 is 13.6 Å². The van der Waals surface area contributed by atoms with Crippen LogP contribution in [0.3, 0.4) is 0 Å². The summed E-state index contributed by atoms with van der Waals surface area (Å²) in [6.45, 7) is 0. The molecule has 2 rings (SSSR count). The Morgan fingerprint density at radius 1 is 1.10 bits per heavy atom. The van der Waals surface area contributed by atoms with Crippen LogP contribution in [-0.4, -0.2) is 12.1 Å². The van der Waals surface area contributed by atoms with Gasteiger partial charge in [0.2, 0.25) is 5.91 Å². The number of carbonyl (C=O) groups excluding carboxylic acids is 1. The molecule has 0 aliphatic rings. The summed E-state index contributed by atoms with van der Waals surface area (Å²) in [5.41, 5.74) is 3.32. The first-order valence-corrected chi connectivity index (χ1v) is 6.46. The summed E-state index contributed by atoms with van der Waals surface area (Å²) in [5.74, 6) is -2.22. The number of aryl methyl sites for hydroxylation is 1. The number of nitrogens with zero attached hydrogens (tertiary/aromatic N) is 1. The summed E-state index contributed by atoms with van der Waals surface area (Å²) in [5, 5.41) is 3.62. The molecule has 0 unspecified atom stereocenters. The van der Waals surface area contributed by atoms with Crippen molar-refractivity contribution in [1.82, 2.24) is 5.43 Å². The third-order valence-electron chi connectivity index (χ3n) is 2.86. The van der Waals surface area contributed by atoms with E-state index in [0.717, 1.165) is 17.8 Å². The molecule has 21 heavy (non-hydrogen) atoms. The van der Waals surface area contributed by atoms with Crippen LogP contribution in [0.15, 0.2) is 53.6 Å². The lowest BCUT2D eigenvalue weighted by atomic mass is 10.1. The molecule has 5 heteroatoms. The van der Waals surface area contributed by atoms with Crippen LogP contribution in [0, 0.1) is 11.6 Å². The highest BCUT2D eigenvalue weighted by Crippen LogP contribution is 2.08. The maximum Gasteiger partial charge on any atom is 0.240 e. The molecule has 0 aromatic heterocycles. The summed E-state index contributed by atoms with van der Waals surface area (Å²) < 4.78 is 26.3. The van der Waals surface area contributed by atoms with Gasteiger partial charge < -0.3 is 0 Å². The number of halogens is 2. The Kier molecular flexibility index (Phi) is 5.15. The molecule has 0 radical (unpaired) electrons. The molecular weight excluding hydrogens is 274 g/mol. The van der Waals surface area contributed by atoms with Gasteiger partial charge in [0, 0.05) is 12.0 Å². The minimum atomic E-state index is -0.986. The van der Waals surface area contributed by atoms with Crippen LogP contribution in [0.4, 0.5) is 8.78 Å². The number of carbonyl (C=O) groups is 1. The van der Waals surface area contributed by atoms with Crippen LogP contribution in [0.1, 0.15) is 17.5 Å². The number of hydrogen-bond acceptors (Lipinski definition) is 2. The third kappa shape index (κ3) is 4.49. The molecule has 0 heterocycles. The zero-order valence-corrected chi connectivity index (χ0v) is 11.2. The van der Waals surface area contributed by atoms with Crippen molar-refractivity contribution in [3.05, 3.63) is 71.3 Å². The first-order chi connectivity index (χ1) is 10.2. The van der Waals surface area contributed by atoms with Crippen LogP contribution < -0.4 is 5.43 Å². The predicted octanol–water partition coefficient (Wildman–Crippen LogP) is 3.05. The Balaban J connectivity index is 1.83. The summed E-state index contributed by atoms with van der Waals surface area (Å²) in [6.07, 6.45) is 1.95. The lowest BCUT2D eigenvalue weighted by molar-refractivity contribution is -0.121. The fraction of sp³-hybridized carbons (Fsp3) is 0.125. The van der Waals surface area contributed by atoms with E-state index < -0.39 is 11.6 Å². The highest BCUT2D eigenvalue weighted by Gasteiger charge is 2.05. The molecule has 0 saturated carbocycles. The highest BCUT2D eigenvalue weighted by molar-refractivity contribution is 5.82. The maximum atomic E-state index is 13.3. The summed E-state index contributed by atoms with van der Waals surface area (Å²) >= 11 is 0. The van der Waals surface area contributed by atoms with Crippen molar-refractivity contribution in [3.63, 3.8) is 0 Å². The van der Waals surface area contributed by atoms with Crippen molar-refractivity contribution in [2.75, 3.05) is 0 Å². The molecule has 0 fully saturated rings. The van der Waals surface area contributed by atoms with Crippen LogP contribution in [-0.2, 0) is 11.2 Å². The molecule has 2 aromatic carbocycles. The number of benzene rings is 2. The standard InChI is InChI=1S/C16H14F2N2O/c17-14-8-4-7-13(16(14)18)11-19-20-15(21)10-9-12-5-2-1-3-6-12/h1-8,11H,9-10H2,(H,20,21).